The smallest absolute Gasteiger partial charge is 0.204 e. The summed E-state index contributed by atoms with van der Waals surface area (Å²) in [5, 5.41) is 20.9. The van der Waals surface area contributed by atoms with E-state index in [4.69, 9.17) is 5.26 Å². The molecule has 6 heteroatoms. The highest BCUT2D eigenvalue weighted by atomic mass is 19.1. The molecule has 102 valence electrons. The first-order chi connectivity index (χ1) is 10.3. The predicted octanol–water partition coefficient (Wildman–Crippen LogP) is 2.40. The molecule has 0 aliphatic carbocycles. The standard InChI is InChI=1S/C15H10FN5/c16-14-12(9-17)7-4-8-13(14)10-21-19-15(18-20-21)11-5-2-1-3-6-11/h1-8H,10H2. The number of aromatic nitrogens is 4. The van der Waals surface area contributed by atoms with E-state index in [1.54, 1.807) is 12.1 Å². The van der Waals surface area contributed by atoms with Gasteiger partial charge in [0.05, 0.1) is 12.1 Å². The minimum absolute atomic E-state index is 0.0101. The number of nitriles is 1. The first-order valence-corrected chi connectivity index (χ1v) is 6.28. The molecule has 1 aromatic heterocycles. The second-order valence-corrected chi connectivity index (χ2v) is 4.40. The van der Waals surface area contributed by atoms with Gasteiger partial charge < -0.3 is 0 Å². The van der Waals surface area contributed by atoms with Crippen LogP contribution >= 0.6 is 0 Å². The van der Waals surface area contributed by atoms with Crippen molar-refractivity contribution in [3.63, 3.8) is 0 Å². The van der Waals surface area contributed by atoms with Gasteiger partial charge in [-0.2, -0.15) is 10.1 Å². The Morgan fingerprint density at radius 1 is 1.10 bits per heavy atom. The Bertz CT molecular complexity index is 804. The highest BCUT2D eigenvalue weighted by Gasteiger charge is 2.10. The number of rotatable bonds is 3. The van der Waals surface area contributed by atoms with E-state index >= 15 is 0 Å². The van der Waals surface area contributed by atoms with E-state index in [0.717, 1.165) is 5.56 Å². The third-order valence-electron chi connectivity index (χ3n) is 3.00. The lowest BCUT2D eigenvalue weighted by atomic mass is 10.1. The van der Waals surface area contributed by atoms with Crippen LogP contribution in [-0.4, -0.2) is 20.2 Å². The normalized spacial score (nSPS) is 10.3. The molecule has 0 unspecified atom stereocenters. The molecule has 0 N–H and O–H groups in total. The molecule has 1 heterocycles. The van der Waals surface area contributed by atoms with Crippen molar-refractivity contribution in [1.29, 1.82) is 5.26 Å². The quantitative estimate of drug-likeness (QED) is 0.738. The van der Waals surface area contributed by atoms with Gasteiger partial charge in [-0.05, 0) is 11.3 Å². The van der Waals surface area contributed by atoms with Crippen molar-refractivity contribution < 1.29 is 4.39 Å². The Morgan fingerprint density at radius 3 is 2.67 bits per heavy atom. The van der Waals surface area contributed by atoms with Crippen LogP contribution in [0.25, 0.3) is 11.4 Å². The number of tetrazole rings is 1. The number of halogens is 1. The fraction of sp³-hybridized carbons (Fsp3) is 0.0667. The van der Waals surface area contributed by atoms with Crippen molar-refractivity contribution in [2.75, 3.05) is 0 Å². The maximum atomic E-state index is 14.0. The fourth-order valence-electron chi connectivity index (χ4n) is 1.95. The second-order valence-electron chi connectivity index (χ2n) is 4.40. The van der Waals surface area contributed by atoms with Crippen molar-refractivity contribution in [1.82, 2.24) is 20.2 Å². The van der Waals surface area contributed by atoms with E-state index in [0.29, 0.717) is 11.4 Å². The molecule has 0 bridgehead atoms. The van der Waals surface area contributed by atoms with Gasteiger partial charge in [-0.3, -0.25) is 0 Å². The minimum atomic E-state index is -0.543. The minimum Gasteiger partial charge on any atom is -0.205 e. The molecule has 0 atom stereocenters. The summed E-state index contributed by atoms with van der Waals surface area (Å²) in [5.74, 6) is -0.0639. The highest BCUT2D eigenvalue weighted by molar-refractivity contribution is 5.53. The molecule has 21 heavy (non-hydrogen) atoms. The third-order valence-corrected chi connectivity index (χ3v) is 3.00. The number of benzene rings is 2. The van der Waals surface area contributed by atoms with E-state index in [2.05, 4.69) is 15.4 Å². The molecule has 3 rings (SSSR count). The number of hydrogen-bond donors (Lipinski definition) is 0. The molecule has 0 fully saturated rings. The summed E-state index contributed by atoms with van der Waals surface area (Å²) in [6, 6.07) is 15.9. The zero-order valence-electron chi connectivity index (χ0n) is 10.9. The third kappa shape index (κ3) is 2.62. The van der Waals surface area contributed by atoms with Crippen LogP contribution in [0.15, 0.2) is 48.5 Å². The van der Waals surface area contributed by atoms with Crippen LogP contribution in [0.3, 0.4) is 0 Å². The van der Waals surface area contributed by atoms with E-state index < -0.39 is 5.82 Å². The van der Waals surface area contributed by atoms with Crippen LogP contribution in [0.1, 0.15) is 11.1 Å². The average Bonchev–Trinajstić information content (AvgIpc) is 2.99. The lowest BCUT2D eigenvalue weighted by Gasteiger charge is -2.02. The molecular weight excluding hydrogens is 269 g/mol. The zero-order valence-corrected chi connectivity index (χ0v) is 10.9. The number of nitrogens with zero attached hydrogens (tertiary/aromatic N) is 5. The van der Waals surface area contributed by atoms with E-state index in [1.165, 1.54) is 10.9 Å². The van der Waals surface area contributed by atoms with Crippen LogP contribution < -0.4 is 0 Å². The van der Waals surface area contributed by atoms with Crippen LogP contribution in [0.2, 0.25) is 0 Å². The SMILES string of the molecule is N#Cc1cccc(Cn2nnc(-c3ccccc3)n2)c1F. The van der Waals surface area contributed by atoms with Gasteiger partial charge in [0.25, 0.3) is 0 Å². The van der Waals surface area contributed by atoms with Gasteiger partial charge >= 0.3 is 0 Å². The Kier molecular flexibility index (Phi) is 3.39. The molecule has 0 spiro atoms. The van der Waals surface area contributed by atoms with Gasteiger partial charge in [-0.25, -0.2) is 4.39 Å². The largest absolute Gasteiger partial charge is 0.205 e. The lowest BCUT2D eigenvalue weighted by Crippen LogP contribution is -2.06. The van der Waals surface area contributed by atoms with Crippen molar-refractivity contribution in [3.8, 4) is 17.5 Å². The summed E-state index contributed by atoms with van der Waals surface area (Å²) in [6.07, 6.45) is 0. The van der Waals surface area contributed by atoms with Gasteiger partial charge in [0.1, 0.15) is 11.9 Å². The maximum Gasteiger partial charge on any atom is 0.204 e. The predicted molar refractivity (Wildman–Crippen MR) is 73.5 cm³/mol. The Hall–Kier alpha value is -3.07. The summed E-state index contributed by atoms with van der Waals surface area (Å²) in [6.45, 7) is 0.126. The molecule has 0 saturated heterocycles. The van der Waals surface area contributed by atoms with Crippen molar-refractivity contribution in [2.45, 2.75) is 6.54 Å². The lowest BCUT2D eigenvalue weighted by molar-refractivity contribution is 0.537. The molecule has 2 aromatic carbocycles. The Labute approximate surface area is 120 Å². The zero-order chi connectivity index (χ0) is 14.7. The van der Waals surface area contributed by atoms with Crippen LogP contribution in [0, 0.1) is 17.1 Å². The number of hydrogen-bond acceptors (Lipinski definition) is 4. The summed E-state index contributed by atoms with van der Waals surface area (Å²) in [4.78, 5) is 1.31. The summed E-state index contributed by atoms with van der Waals surface area (Å²) < 4.78 is 14.0. The summed E-state index contributed by atoms with van der Waals surface area (Å²) in [7, 11) is 0. The second kappa shape index (κ2) is 5.51. The van der Waals surface area contributed by atoms with E-state index in [9.17, 15) is 4.39 Å². The molecule has 0 radical (unpaired) electrons. The molecule has 0 amide bonds. The van der Waals surface area contributed by atoms with Crippen molar-refractivity contribution in [2.24, 2.45) is 0 Å². The van der Waals surface area contributed by atoms with Crippen LogP contribution in [0.4, 0.5) is 4.39 Å². The Balaban J connectivity index is 1.87. The van der Waals surface area contributed by atoms with Gasteiger partial charge in [-0.1, -0.05) is 42.5 Å². The topological polar surface area (TPSA) is 67.4 Å². The van der Waals surface area contributed by atoms with E-state index in [1.807, 2.05) is 36.4 Å². The monoisotopic (exact) mass is 279 g/mol. The van der Waals surface area contributed by atoms with Gasteiger partial charge in [0.2, 0.25) is 5.82 Å². The van der Waals surface area contributed by atoms with Gasteiger partial charge in [0.15, 0.2) is 0 Å². The van der Waals surface area contributed by atoms with Gasteiger partial charge in [0, 0.05) is 11.1 Å². The molecule has 3 aromatic rings. The molecule has 5 nitrogen and oxygen atoms in total. The maximum absolute atomic E-state index is 14.0. The molecule has 0 aliphatic rings. The fourth-order valence-corrected chi connectivity index (χ4v) is 1.95. The first kappa shape index (κ1) is 12.9. The highest BCUT2D eigenvalue weighted by Crippen LogP contribution is 2.15. The van der Waals surface area contributed by atoms with Crippen molar-refractivity contribution >= 4 is 0 Å². The molecule has 0 saturated carbocycles. The molecule has 0 aliphatic heterocycles. The molecular formula is C15H10FN5. The van der Waals surface area contributed by atoms with E-state index in [-0.39, 0.29) is 12.1 Å². The van der Waals surface area contributed by atoms with Crippen LogP contribution in [0.5, 0.6) is 0 Å². The van der Waals surface area contributed by atoms with Gasteiger partial charge in [-0.15, -0.1) is 10.2 Å². The Morgan fingerprint density at radius 2 is 1.90 bits per heavy atom. The summed E-state index contributed by atoms with van der Waals surface area (Å²) >= 11 is 0. The first-order valence-electron chi connectivity index (χ1n) is 6.28. The van der Waals surface area contributed by atoms with Crippen molar-refractivity contribution in [3.05, 3.63) is 65.5 Å². The summed E-state index contributed by atoms with van der Waals surface area (Å²) in [5.41, 5.74) is 1.21. The average molecular weight is 279 g/mol. The van der Waals surface area contributed by atoms with Crippen LogP contribution in [-0.2, 0) is 6.54 Å².